The summed E-state index contributed by atoms with van der Waals surface area (Å²) in [5.74, 6) is -0.586. The maximum atomic E-state index is 10.5. The van der Waals surface area contributed by atoms with E-state index in [1.807, 2.05) is 27.7 Å². The van der Waals surface area contributed by atoms with Crippen LogP contribution < -0.4 is 5.32 Å². The predicted molar refractivity (Wildman–Crippen MR) is 53.7 cm³/mol. The van der Waals surface area contributed by atoms with Gasteiger partial charge in [-0.05, 0) is 11.5 Å². The fourth-order valence-corrected chi connectivity index (χ4v) is 0.902. The molecule has 0 aliphatic heterocycles. The van der Waals surface area contributed by atoms with E-state index in [0.717, 1.165) is 5.57 Å². The van der Waals surface area contributed by atoms with Crippen molar-refractivity contribution in [3.8, 4) is 0 Å². The van der Waals surface area contributed by atoms with Crippen molar-refractivity contribution in [3.05, 3.63) is 11.6 Å². The highest BCUT2D eigenvalue weighted by atomic mass is 16.4. The zero-order chi connectivity index (χ0) is 10.4. The summed E-state index contributed by atoms with van der Waals surface area (Å²) in [6.07, 6.45) is 1.29. The Kier molecular flexibility index (Phi) is 5.39. The first-order valence-corrected chi connectivity index (χ1v) is 4.60. The van der Waals surface area contributed by atoms with Gasteiger partial charge in [0.25, 0.3) is 0 Å². The van der Waals surface area contributed by atoms with Gasteiger partial charge in [0.2, 0.25) is 0 Å². The number of nitrogens with one attached hydrogen (secondary N) is 1. The topological polar surface area (TPSA) is 49.3 Å². The molecule has 0 aliphatic rings. The molecule has 13 heavy (non-hydrogen) atoms. The SMILES string of the molecule is CC(C)NC/C(=C\C(=O)O)C(C)C. The molecule has 0 spiro atoms. The molecule has 0 saturated carbocycles. The Balaban J connectivity index is 4.19. The highest BCUT2D eigenvalue weighted by Crippen LogP contribution is 2.07. The molecule has 0 amide bonds. The van der Waals surface area contributed by atoms with Crippen molar-refractivity contribution in [2.75, 3.05) is 6.54 Å². The maximum Gasteiger partial charge on any atom is 0.328 e. The minimum atomic E-state index is -0.866. The second-order valence-corrected chi connectivity index (χ2v) is 3.75. The van der Waals surface area contributed by atoms with Crippen molar-refractivity contribution < 1.29 is 9.90 Å². The van der Waals surface area contributed by atoms with Crippen LogP contribution in [0.1, 0.15) is 27.7 Å². The van der Waals surface area contributed by atoms with Crippen molar-refractivity contribution in [1.82, 2.24) is 5.32 Å². The van der Waals surface area contributed by atoms with E-state index < -0.39 is 5.97 Å². The minimum Gasteiger partial charge on any atom is -0.478 e. The monoisotopic (exact) mass is 185 g/mol. The third kappa shape index (κ3) is 6.34. The normalized spacial score (nSPS) is 12.6. The molecule has 0 heterocycles. The summed E-state index contributed by atoms with van der Waals surface area (Å²) >= 11 is 0. The predicted octanol–water partition coefficient (Wildman–Crippen LogP) is 1.65. The van der Waals surface area contributed by atoms with Crippen LogP contribution in [-0.4, -0.2) is 23.7 Å². The van der Waals surface area contributed by atoms with E-state index in [2.05, 4.69) is 5.32 Å². The van der Waals surface area contributed by atoms with Gasteiger partial charge in [-0.25, -0.2) is 4.79 Å². The Bertz CT molecular complexity index is 195. The first kappa shape index (κ1) is 12.2. The second-order valence-electron chi connectivity index (χ2n) is 3.75. The molecule has 0 bridgehead atoms. The number of carboxylic acid groups (broad SMARTS) is 1. The van der Waals surface area contributed by atoms with Gasteiger partial charge in [-0.1, -0.05) is 27.7 Å². The summed E-state index contributed by atoms with van der Waals surface area (Å²) in [5.41, 5.74) is 0.932. The van der Waals surface area contributed by atoms with Crippen LogP contribution in [-0.2, 0) is 4.79 Å². The fourth-order valence-electron chi connectivity index (χ4n) is 0.902. The van der Waals surface area contributed by atoms with E-state index in [4.69, 9.17) is 5.11 Å². The van der Waals surface area contributed by atoms with Gasteiger partial charge in [-0.3, -0.25) is 0 Å². The second kappa shape index (κ2) is 5.75. The van der Waals surface area contributed by atoms with Gasteiger partial charge < -0.3 is 10.4 Å². The van der Waals surface area contributed by atoms with Crippen molar-refractivity contribution in [3.63, 3.8) is 0 Å². The van der Waals surface area contributed by atoms with Crippen molar-refractivity contribution in [2.24, 2.45) is 5.92 Å². The number of hydrogen-bond acceptors (Lipinski definition) is 2. The summed E-state index contributed by atoms with van der Waals surface area (Å²) in [5, 5.41) is 11.8. The lowest BCUT2D eigenvalue weighted by atomic mass is 10.0. The molecule has 76 valence electrons. The Hall–Kier alpha value is -0.830. The molecule has 0 aromatic heterocycles. The molecule has 0 aromatic rings. The zero-order valence-corrected chi connectivity index (χ0v) is 8.79. The van der Waals surface area contributed by atoms with Crippen LogP contribution in [0.5, 0.6) is 0 Å². The van der Waals surface area contributed by atoms with Crippen LogP contribution in [0, 0.1) is 5.92 Å². The largest absolute Gasteiger partial charge is 0.478 e. The minimum absolute atomic E-state index is 0.280. The van der Waals surface area contributed by atoms with Gasteiger partial charge in [0, 0.05) is 18.7 Å². The lowest BCUT2D eigenvalue weighted by Crippen LogP contribution is -2.26. The Morgan fingerprint density at radius 2 is 1.92 bits per heavy atom. The number of carboxylic acids is 1. The fraction of sp³-hybridized carbons (Fsp3) is 0.700. The molecule has 3 nitrogen and oxygen atoms in total. The average Bonchev–Trinajstić information content (AvgIpc) is 1.96. The summed E-state index contributed by atoms with van der Waals surface area (Å²) in [7, 11) is 0. The van der Waals surface area contributed by atoms with Crippen LogP contribution >= 0.6 is 0 Å². The molecule has 3 heteroatoms. The highest BCUT2D eigenvalue weighted by Gasteiger charge is 2.05. The maximum absolute atomic E-state index is 10.5. The quantitative estimate of drug-likeness (QED) is 0.640. The van der Waals surface area contributed by atoms with Crippen LogP contribution in [0.2, 0.25) is 0 Å². The van der Waals surface area contributed by atoms with Crippen LogP contribution in [0.4, 0.5) is 0 Å². The lowest BCUT2D eigenvalue weighted by Gasteiger charge is -2.13. The molecule has 0 saturated heterocycles. The van der Waals surface area contributed by atoms with Gasteiger partial charge in [0.15, 0.2) is 0 Å². The molecule has 0 aliphatic carbocycles. The molecule has 2 N–H and O–H groups in total. The van der Waals surface area contributed by atoms with Gasteiger partial charge in [-0.2, -0.15) is 0 Å². The van der Waals surface area contributed by atoms with Crippen LogP contribution in [0.3, 0.4) is 0 Å². The van der Waals surface area contributed by atoms with Crippen LogP contribution in [0.15, 0.2) is 11.6 Å². The number of carbonyl (C=O) groups is 1. The molecular formula is C10H19NO2. The van der Waals surface area contributed by atoms with E-state index >= 15 is 0 Å². The number of aliphatic carboxylic acids is 1. The lowest BCUT2D eigenvalue weighted by molar-refractivity contribution is -0.131. The van der Waals surface area contributed by atoms with Crippen molar-refractivity contribution in [2.45, 2.75) is 33.7 Å². The third-order valence-corrected chi connectivity index (χ3v) is 1.76. The first-order chi connectivity index (χ1) is 5.93. The first-order valence-electron chi connectivity index (χ1n) is 4.60. The van der Waals surface area contributed by atoms with E-state index in [0.29, 0.717) is 12.6 Å². The van der Waals surface area contributed by atoms with E-state index in [-0.39, 0.29) is 5.92 Å². The summed E-state index contributed by atoms with van der Waals surface area (Å²) < 4.78 is 0. The smallest absolute Gasteiger partial charge is 0.328 e. The van der Waals surface area contributed by atoms with Gasteiger partial charge in [0.1, 0.15) is 0 Å². The Morgan fingerprint density at radius 1 is 1.38 bits per heavy atom. The standard InChI is InChI=1S/C10H19NO2/c1-7(2)9(5-10(12)13)6-11-8(3)4/h5,7-8,11H,6H2,1-4H3,(H,12,13)/b9-5+. The Labute approximate surface area is 79.8 Å². The summed E-state index contributed by atoms with van der Waals surface area (Å²) in [6, 6.07) is 0.385. The van der Waals surface area contributed by atoms with Gasteiger partial charge >= 0.3 is 5.97 Å². The van der Waals surface area contributed by atoms with E-state index in [9.17, 15) is 4.79 Å². The number of hydrogen-bond donors (Lipinski definition) is 2. The van der Waals surface area contributed by atoms with Gasteiger partial charge in [0.05, 0.1) is 0 Å². The van der Waals surface area contributed by atoms with Crippen molar-refractivity contribution in [1.29, 1.82) is 0 Å². The van der Waals surface area contributed by atoms with E-state index in [1.54, 1.807) is 0 Å². The third-order valence-electron chi connectivity index (χ3n) is 1.76. The molecule has 0 aromatic carbocycles. The molecular weight excluding hydrogens is 166 g/mol. The Morgan fingerprint density at radius 3 is 2.23 bits per heavy atom. The van der Waals surface area contributed by atoms with Crippen LogP contribution in [0.25, 0.3) is 0 Å². The molecule has 0 fully saturated rings. The van der Waals surface area contributed by atoms with E-state index in [1.165, 1.54) is 6.08 Å². The zero-order valence-electron chi connectivity index (χ0n) is 8.79. The van der Waals surface area contributed by atoms with Gasteiger partial charge in [-0.15, -0.1) is 0 Å². The number of rotatable bonds is 5. The summed E-state index contributed by atoms with van der Waals surface area (Å²) in [6.45, 7) is 8.73. The molecule has 0 atom stereocenters. The molecule has 0 unspecified atom stereocenters. The molecule has 0 rings (SSSR count). The average molecular weight is 185 g/mol. The van der Waals surface area contributed by atoms with Crippen molar-refractivity contribution >= 4 is 5.97 Å². The summed E-state index contributed by atoms with van der Waals surface area (Å²) in [4.78, 5) is 10.5. The molecule has 0 radical (unpaired) electrons. The highest BCUT2D eigenvalue weighted by molar-refractivity contribution is 5.80.